The number of nitrogens with zero attached hydrogens (tertiary/aromatic N) is 1. The molecule has 1 heterocycles. The average molecular weight is 210 g/mol. The number of hydrogen-bond acceptors (Lipinski definition) is 2. The summed E-state index contributed by atoms with van der Waals surface area (Å²) in [7, 11) is 0. The second-order valence-electron chi connectivity index (χ2n) is 5.62. The van der Waals surface area contributed by atoms with E-state index in [1.54, 1.807) is 0 Å². The fourth-order valence-corrected chi connectivity index (χ4v) is 3.42. The lowest BCUT2D eigenvalue weighted by Gasteiger charge is -2.38. The minimum absolute atomic E-state index is 0.612. The Morgan fingerprint density at radius 1 is 1.07 bits per heavy atom. The fraction of sp³-hybridized carbons (Fsp3) is 1.00. The van der Waals surface area contributed by atoms with Gasteiger partial charge < -0.3 is 0 Å². The van der Waals surface area contributed by atoms with Gasteiger partial charge in [-0.1, -0.05) is 32.1 Å². The van der Waals surface area contributed by atoms with Gasteiger partial charge in [0.1, 0.15) is 0 Å². The number of piperidine rings is 1. The zero-order chi connectivity index (χ0) is 10.7. The minimum Gasteiger partial charge on any atom is -0.269 e. The van der Waals surface area contributed by atoms with Gasteiger partial charge in [-0.2, -0.15) is 0 Å². The van der Waals surface area contributed by atoms with Crippen molar-refractivity contribution in [3.05, 3.63) is 0 Å². The van der Waals surface area contributed by atoms with E-state index in [9.17, 15) is 0 Å². The Hall–Kier alpha value is -0.0800. The van der Waals surface area contributed by atoms with Gasteiger partial charge in [0.05, 0.1) is 0 Å². The molecule has 1 saturated carbocycles. The summed E-state index contributed by atoms with van der Waals surface area (Å²) in [6.07, 6.45) is 11.5. The zero-order valence-corrected chi connectivity index (χ0v) is 10.1. The summed E-state index contributed by atoms with van der Waals surface area (Å²) < 4.78 is 0. The lowest BCUT2D eigenvalue weighted by Crippen LogP contribution is -2.48. The summed E-state index contributed by atoms with van der Waals surface area (Å²) in [6.45, 7) is 3.41. The van der Waals surface area contributed by atoms with Crippen LogP contribution < -0.4 is 5.84 Å². The maximum atomic E-state index is 6.01. The molecule has 2 atom stereocenters. The fourth-order valence-electron chi connectivity index (χ4n) is 3.42. The van der Waals surface area contributed by atoms with Crippen LogP contribution in [0.1, 0.15) is 58.3 Å². The first-order valence-electron chi connectivity index (χ1n) is 6.78. The van der Waals surface area contributed by atoms with Gasteiger partial charge in [0.25, 0.3) is 0 Å². The maximum Gasteiger partial charge on any atom is 0.0241 e. The van der Waals surface area contributed by atoms with Crippen LogP contribution in [0.3, 0.4) is 0 Å². The number of hydrogen-bond donors (Lipinski definition) is 1. The largest absolute Gasteiger partial charge is 0.269 e. The molecule has 88 valence electrons. The van der Waals surface area contributed by atoms with Crippen molar-refractivity contribution >= 4 is 0 Å². The first-order chi connectivity index (χ1) is 7.27. The second kappa shape index (κ2) is 5.31. The molecular weight excluding hydrogens is 184 g/mol. The monoisotopic (exact) mass is 210 g/mol. The van der Waals surface area contributed by atoms with Gasteiger partial charge in [-0.25, -0.2) is 5.01 Å². The van der Waals surface area contributed by atoms with Crippen LogP contribution in [-0.4, -0.2) is 17.6 Å². The Kier molecular flexibility index (Phi) is 4.04. The van der Waals surface area contributed by atoms with Crippen molar-refractivity contribution in [2.24, 2.45) is 17.7 Å². The predicted octanol–water partition coefficient (Wildman–Crippen LogP) is 2.93. The molecule has 2 N–H and O–H groups in total. The van der Waals surface area contributed by atoms with E-state index in [1.165, 1.54) is 51.4 Å². The lowest BCUT2D eigenvalue weighted by atomic mass is 9.78. The van der Waals surface area contributed by atoms with E-state index >= 15 is 0 Å². The third-order valence-electron chi connectivity index (χ3n) is 4.56. The van der Waals surface area contributed by atoms with Crippen LogP contribution in [0, 0.1) is 11.8 Å². The molecule has 2 fully saturated rings. The van der Waals surface area contributed by atoms with Crippen LogP contribution in [0.25, 0.3) is 0 Å². The standard InChI is InChI=1S/C13H26N2/c1-11-13(8-5-9-15(11)14)10-12-6-3-2-4-7-12/h11-13H,2-10,14H2,1H3. The highest BCUT2D eigenvalue weighted by Gasteiger charge is 2.28. The Balaban J connectivity index is 1.81. The van der Waals surface area contributed by atoms with Crippen LogP contribution in [0.5, 0.6) is 0 Å². The number of hydrazine groups is 1. The third kappa shape index (κ3) is 2.94. The van der Waals surface area contributed by atoms with Crippen LogP contribution in [0.15, 0.2) is 0 Å². The molecule has 15 heavy (non-hydrogen) atoms. The highest BCUT2D eigenvalue weighted by molar-refractivity contribution is 4.81. The second-order valence-corrected chi connectivity index (χ2v) is 5.62. The summed E-state index contributed by atoms with van der Waals surface area (Å²) in [6, 6.07) is 0.612. The average Bonchev–Trinajstić information content (AvgIpc) is 2.26. The maximum absolute atomic E-state index is 6.01. The van der Waals surface area contributed by atoms with Gasteiger partial charge in [0.2, 0.25) is 0 Å². The quantitative estimate of drug-likeness (QED) is 0.710. The molecule has 2 unspecified atom stereocenters. The molecule has 0 aromatic heterocycles. The lowest BCUT2D eigenvalue weighted by molar-refractivity contribution is 0.0854. The van der Waals surface area contributed by atoms with Gasteiger partial charge in [0.15, 0.2) is 0 Å². The van der Waals surface area contributed by atoms with Crippen molar-refractivity contribution in [3.63, 3.8) is 0 Å². The van der Waals surface area contributed by atoms with E-state index < -0.39 is 0 Å². The van der Waals surface area contributed by atoms with Gasteiger partial charge >= 0.3 is 0 Å². The Morgan fingerprint density at radius 3 is 2.53 bits per heavy atom. The van der Waals surface area contributed by atoms with Crippen molar-refractivity contribution in [2.45, 2.75) is 64.3 Å². The summed E-state index contributed by atoms with van der Waals surface area (Å²) in [4.78, 5) is 0. The van der Waals surface area contributed by atoms with Gasteiger partial charge in [-0.05, 0) is 38.0 Å². The van der Waals surface area contributed by atoms with Gasteiger partial charge in [-0.3, -0.25) is 5.84 Å². The van der Waals surface area contributed by atoms with Crippen LogP contribution in [0.2, 0.25) is 0 Å². The minimum atomic E-state index is 0.612. The van der Waals surface area contributed by atoms with Crippen LogP contribution in [-0.2, 0) is 0 Å². The molecule has 2 nitrogen and oxygen atoms in total. The Labute approximate surface area is 94.2 Å². The van der Waals surface area contributed by atoms with E-state index in [0.29, 0.717) is 6.04 Å². The molecule has 0 amide bonds. The number of nitrogens with two attached hydrogens (primary N) is 1. The Bertz CT molecular complexity index is 187. The van der Waals surface area contributed by atoms with E-state index in [0.717, 1.165) is 18.4 Å². The van der Waals surface area contributed by atoms with E-state index in [4.69, 9.17) is 5.84 Å². The molecule has 1 aliphatic carbocycles. The molecule has 0 bridgehead atoms. The predicted molar refractivity (Wildman–Crippen MR) is 64.3 cm³/mol. The van der Waals surface area contributed by atoms with Gasteiger partial charge in [-0.15, -0.1) is 0 Å². The van der Waals surface area contributed by atoms with Crippen molar-refractivity contribution in [1.29, 1.82) is 0 Å². The van der Waals surface area contributed by atoms with Crippen molar-refractivity contribution in [1.82, 2.24) is 5.01 Å². The number of rotatable bonds is 2. The normalized spacial score (nSPS) is 35.6. The molecule has 0 aromatic rings. The summed E-state index contributed by atoms with van der Waals surface area (Å²) in [5, 5.41) is 2.07. The zero-order valence-electron chi connectivity index (χ0n) is 10.1. The molecule has 2 rings (SSSR count). The summed E-state index contributed by atoms with van der Waals surface area (Å²) in [5.74, 6) is 7.89. The summed E-state index contributed by atoms with van der Waals surface area (Å²) >= 11 is 0. The van der Waals surface area contributed by atoms with E-state index in [-0.39, 0.29) is 0 Å². The SMILES string of the molecule is CC1C(CC2CCCCC2)CCCN1N. The smallest absolute Gasteiger partial charge is 0.0241 e. The highest BCUT2D eigenvalue weighted by atomic mass is 15.4. The molecule has 1 saturated heterocycles. The van der Waals surface area contributed by atoms with Crippen LogP contribution >= 0.6 is 0 Å². The molecular formula is C13H26N2. The molecule has 2 heteroatoms. The van der Waals surface area contributed by atoms with Gasteiger partial charge in [0, 0.05) is 12.6 Å². The first-order valence-corrected chi connectivity index (χ1v) is 6.78. The molecule has 0 spiro atoms. The van der Waals surface area contributed by atoms with E-state index in [1.807, 2.05) is 0 Å². The molecule has 0 radical (unpaired) electrons. The van der Waals surface area contributed by atoms with Crippen molar-refractivity contribution < 1.29 is 0 Å². The first kappa shape index (κ1) is 11.4. The van der Waals surface area contributed by atoms with Crippen LogP contribution in [0.4, 0.5) is 0 Å². The van der Waals surface area contributed by atoms with E-state index in [2.05, 4.69) is 11.9 Å². The topological polar surface area (TPSA) is 29.3 Å². The third-order valence-corrected chi connectivity index (χ3v) is 4.56. The Morgan fingerprint density at radius 2 is 1.80 bits per heavy atom. The highest BCUT2D eigenvalue weighted by Crippen LogP contribution is 2.34. The van der Waals surface area contributed by atoms with Crippen molar-refractivity contribution in [2.75, 3.05) is 6.54 Å². The van der Waals surface area contributed by atoms with Crippen molar-refractivity contribution in [3.8, 4) is 0 Å². The summed E-state index contributed by atoms with van der Waals surface area (Å²) in [5.41, 5.74) is 0. The molecule has 2 aliphatic rings. The molecule has 1 aliphatic heterocycles. The molecule has 0 aromatic carbocycles.